The van der Waals surface area contributed by atoms with Crippen molar-refractivity contribution in [1.29, 1.82) is 0 Å². The molecule has 0 bridgehead atoms. The first kappa shape index (κ1) is 12.4. The van der Waals surface area contributed by atoms with Gasteiger partial charge in [0, 0.05) is 24.5 Å². The average Bonchev–Trinajstić information content (AvgIpc) is 2.44. The number of carboxylic acids is 1. The molecule has 1 aliphatic rings. The van der Waals surface area contributed by atoms with Crippen LogP contribution in [0.3, 0.4) is 0 Å². The Balaban J connectivity index is 2.71. The van der Waals surface area contributed by atoms with Gasteiger partial charge in [-0.2, -0.15) is 0 Å². The molecule has 0 spiro atoms. The molecule has 0 saturated carbocycles. The van der Waals surface area contributed by atoms with Crippen LogP contribution in [0.1, 0.15) is 26.7 Å². The van der Waals surface area contributed by atoms with Crippen molar-refractivity contribution < 1.29 is 19.5 Å². The van der Waals surface area contributed by atoms with Crippen LogP contribution >= 0.6 is 0 Å². The number of likely N-dealkylation sites (tertiary alicyclic amines) is 1. The van der Waals surface area contributed by atoms with Crippen molar-refractivity contribution >= 4 is 17.8 Å². The zero-order valence-electron chi connectivity index (χ0n) is 9.40. The van der Waals surface area contributed by atoms with Crippen LogP contribution in [-0.2, 0) is 14.4 Å². The summed E-state index contributed by atoms with van der Waals surface area (Å²) in [7, 11) is 0. The molecule has 88 valence electrons. The van der Waals surface area contributed by atoms with E-state index in [1.54, 1.807) is 13.8 Å². The standard InChI is InChI=1S/C11H15NO4/c1-3-8(11(15)16)4-5-12-9(13)6-7(2)10(12)14/h4,7H,3,5-6H2,1-2H3,(H,15,16). The number of carbonyl (C=O) groups is 3. The summed E-state index contributed by atoms with van der Waals surface area (Å²) in [5.41, 5.74) is 0.222. The normalized spacial score (nSPS) is 21.8. The third-order valence-corrected chi connectivity index (χ3v) is 2.65. The minimum atomic E-state index is -1.00. The van der Waals surface area contributed by atoms with Crippen molar-refractivity contribution in [2.45, 2.75) is 26.7 Å². The lowest BCUT2D eigenvalue weighted by atomic mass is 10.1. The minimum absolute atomic E-state index is 0.0669. The molecular formula is C11H15NO4. The Hall–Kier alpha value is -1.65. The van der Waals surface area contributed by atoms with Gasteiger partial charge >= 0.3 is 5.97 Å². The van der Waals surface area contributed by atoms with E-state index < -0.39 is 5.97 Å². The second-order valence-corrected chi connectivity index (χ2v) is 3.84. The fraction of sp³-hybridized carbons (Fsp3) is 0.545. The Morgan fingerprint density at radius 3 is 2.56 bits per heavy atom. The SMILES string of the molecule is CCC(=CCN1C(=O)CC(C)C1=O)C(=O)O. The molecule has 0 aromatic carbocycles. The maximum absolute atomic E-state index is 11.5. The van der Waals surface area contributed by atoms with E-state index in [4.69, 9.17) is 5.11 Å². The molecule has 1 saturated heterocycles. The highest BCUT2D eigenvalue weighted by molar-refractivity contribution is 6.03. The fourth-order valence-corrected chi connectivity index (χ4v) is 1.62. The van der Waals surface area contributed by atoms with Crippen molar-refractivity contribution in [2.24, 2.45) is 5.92 Å². The highest BCUT2D eigenvalue weighted by Gasteiger charge is 2.34. The van der Waals surface area contributed by atoms with Crippen molar-refractivity contribution in [1.82, 2.24) is 4.90 Å². The van der Waals surface area contributed by atoms with Crippen LogP contribution in [0, 0.1) is 5.92 Å². The van der Waals surface area contributed by atoms with E-state index in [0.717, 1.165) is 4.90 Å². The molecule has 1 aliphatic heterocycles. The summed E-state index contributed by atoms with van der Waals surface area (Å²) in [6, 6.07) is 0. The van der Waals surface area contributed by atoms with E-state index in [9.17, 15) is 14.4 Å². The number of hydrogen-bond acceptors (Lipinski definition) is 3. The van der Waals surface area contributed by atoms with Gasteiger partial charge in [-0.15, -0.1) is 0 Å². The molecule has 1 unspecified atom stereocenters. The highest BCUT2D eigenvalue weighted by Crippen LogP contribution is 2.18. The number of rotatable bonds is 4. The fourth-order valence-electron chi connectivity index (χ4n) is 1.62. The summed E-state index contributed by atoms with van der Waals surface area (Å²) < 4.78 is 0. The van der Waals surface area contributed by atoms with Gasteiger partial charge in [-0.25, -0.2) is 4.79 Å². The van der Waals surface area contributed by atoms with Crippen LogP contribution < -0.4 is 0 Å². The monoisotopic (exact) mass is 225 g/mol. The molecule has 1 heterocycles. The number of carbonyl (C=O) groups excluding carboxylic acids is 2. The van der Waals surface area contributed by atoms with Crippen LogP contribution in [0.15, 0.2) is 11.6 Å². The number of hydrogen-bond donors (Lipinski definition) is 1. The molecule has 0 aliphatic carbocycles. The van der Waals surface area contributed by atoms with Gasteiger partial charge in [0.05, 0.1) is 0 Å². The van der Waals surface area contributed by atoms with Crippen molar-refractivity contribution in [3.8, 4) is 0 Å². The second-order valence-electron chi connectivity index (χ2n) is 3.84. The Morgan fingerprint density at radius 2 is 2.19 bits per heavy atom. The lowest BCUT2D eigenvalue weighted by Gasteiger charge is -2.11. The first-order chi connectivity index (χ1) is 7.47. The molecule has 0 aromatic heterocycles. The lowest BCUT2D eigenvalue weighted by molar-refractivity contribution is -0.139. The predicted molar refractivity (Wildman–Crippen MR) is 56.5 cm³/mol. The third kappa shape index (κ3) is 2.48. The maximum Gasteiger partial charge on any atom is 0.331 e. The van der Waals surface area contributed by atoms with E-state index in [0.29, 0.717) is 6.42 Å². The molecule has 1 N–H and O–H groups in total. The third-order valence-electron chi connectivity index (χ3n) is 2.65. The van der Waals surface area contributed by atoms with Crippen LogP contribution in [0.2, 0.25) is 0 Å². The summed E-state index contributed by atoms with van der Waals surface area (Å²) in [6.45, 7) is 3.48. The Bertz CT molecular complexity index is 359. The van der Waals surface area contributed by atoms with E-state index in [1.807, 2.05) is 0 Å². The maximum atomic E-state index is 11.5. The van der Waals surface area contributed by atoms with Crippen molar-refractivity contribution in [3.63, 3.8) is 0 Å². The summed E-state index contributed by atoms with van der Waals surface area (Å²) in [5, 5.41) is 8.77. The molecule has 5 heteroatoms. The topological polar surface area (TPSA) is 74.7 Å². The Kier molecular flexibility index (Phi) is 3.82. The highest BCUT2D eigenvalue weighted by atomic mass is 16.4. The molecule has 5 nitrogen and oxygen atoms in total. The van der Waals surface area contributed by atoms with E-state index in [1.165, 1.54) is 6.08 Å². The van der Waals surface area contributed by atoms with Crippen molar-refractivity contribution in [2.75, 3.05) is 6.54 Å². The van der Waals surface area contributed by atoms with Gasteiger partial charge in [-0.3, -0.25) is 14.5 Å². The average molecular weight is 225 g/mol. The summed E-state index contributed by atoms with van der Waals surface area (Å²) >= 11 is 0. The molecule has 0 aromatic rings. The number of imide groups is 1. The van der Waals surface area contributed by atoms with Crippen molar-refractivity contribution in [3.05, 3.63) is 11.6 Å². The van der Waals surface area contributed by atoms with Gasteiger partial charge in [-0.1, -0.05) is 19.9 Å². The molecule has 0 radical (unpaired) electrons. The van der Waals surface area contributed by atoms with E-state index >= 15 is 0 Å². The van der Waals surface area contributed by atoms with Crippen LogP contribution in [-0.4, -0.2) is 34.3 Å². The molecule has 1 fully saturated rings. The second kappa shape index (κ2) is 4.92. The molecule has 16 heavy (non-hydrogen) atoms. The molecular weight excluding hydrogens is 210 g/mol. The van der Waals surface area contributed by atoms with E-state index in [-0.39, 0.29) is 36.3 Å². The van der Waals surface area contributed by atoms with Gasteiger partial charge < -0.3 is 5.11 Å². The van der Waals surface area contributed by atoms with Gasteiger partial charge in [0.1, 0.15) is 0 Å². The van der Waals surface area contributed by atoms with Crippen LogP contribution in [0.25, 0.3) is 0 Å². The Labute approximate surface area is 93.7 Å². The molecule has 2 amide bonds. The summed E-state index contributed by atoms with van der Waals surface area (Å²) in [4.78, 5) is 34.7. The lowest BCUT2D eigenvalue weighted by Crippen LogP contribution is -2.30. The summed E-state index contributed by atoms with van der Waals surface area (Å²) in [6.07, 6.45) is 2.03. The van der Waals surface area contributed by atoms with Crippen LogP contribution in [0.5, 0.6) is 0 Å². The van der Waals surface area contributed by atoms with Gasteiger partial charge in [0.15, 0.2) is 0 Å². The van der Waals surface area contributed by atoms with Gasteiger partial charge in [0.2, 0.25) is 11.8 Å². The summed E-state index contributed by atoms with van der Waals surface area (Å²) in [5.74, 6) is -1.73. The first-order valence-electron chi connectivity index (χ1n) is 5.23. The zero-order valence-corrected chi connectivity index (χ0v) is 9.40. The first-order valence-corrected chi connectivity index (χ1v) is 5.23. The zero-order chi connectivity index (χ0) is 12.3. The largest absolute Gasteiger partial charge is 0.478 e. The van der Waals surface area contributed by atoms with E-state index in [2.05, 4.69) is 0 Å². The van der Waals surface area contributed by atoms with Crippen LogP contribution in [0.4, 0.5) is 0 Å². The molecule has 1 atom stereocenters. The number of amides is 2. The Morgan fingerprint density at radius 1 is 1.56 bits per heavy atom. The smallest absolute Gasteiger partial charge is 0.331 e. The number of aliphatic carboxylic acids is 1. The number of carboxylic acid groups (broad SMARTS) is 1. The minimum Gasteiger partial charge on any atom is -0.478 e. The predicted octanol–water partition coefficient (Wildman–Crippen LogP) is 0.802. The molecule has 1 rings (SSSR count). The number of nitrogens with zero attached hydrogens (tertiary/aromatic N) is 1. The van der Waals surface area contributed by atoms with Gasteiger partial charge in [-0.05, 0) is 6.42 Å². The quantitative estimate of drug-likeness (QED) is 0.567. The van der Waals surface area contributed by atoms with Gasteiger partial charge in [0.25, 0.3) is 0 Å².